The van der Waals surface area contributed by atoms with Crippen LogP contribution in [0.3, 0.4) is 0 Å². The van der Waals surface area contributed by atoms with Gasteiger partial charge in [0.05, 0.1) is 5.02 Å². The van der Waals surface area contributed by atoms with Crippen molar-refractivity contribution >= 4 is 34.2 Å². The zero-order valence-electron chi connectivity index (χ0n) is 14.2. The van der Waals surface area contributed by atoms with Crippen molar-refractivity contribution in [3.63, 3.8) is 0 Å². The van der Waals surface area contributed by atoms with Gasteiger partial charge in [-0.2, -0.15) is 0 Å². The molecule has 3 aromatic rings. The fourth-order valence-electron chi connectivity index (χ4n) is 2.88. The van der Waals surface area contributed by atoms with Gasteiger partial charge in [0.2, 0.25) is 0 Å². The van der Waals surface area contributed by atoms with Gasteiger partial charge in [-0.05, 0) is 48.2 Å². The Balaban J connectivity index is 2.04. The highest BCUT2D eigenvalue weighted by atomic mass is 35.5. The van der Waals surface area contributed by atoms with Crippen LogP contribution in [0.25, 0.3) is 11.0 Å². The van der Waals surface area contributed by atoms with Crippen LogP contribution in [-0.4, -0.2) is 0 Å². The summed E-state index contributed by atoms with van der Waals surface area (Å²) in [6.07, 6.45) is 0. The number of rotatable bonds is 4. The standard InChI is InChI=1S/C20H18Cl2O3/c1-11(2)14-9-15-13(8-19(23)25-18(15)7-12(14)3)10-24-17-6-4-5-16(21)20(17)22/h4-9,11H,10H2,1-3H3. The van der Waals surface area contributed by atoms with Gasteiger partial charge in [0.25, 0.3) is 0 Å². The van der Waals surface area contributed by atoms with Crippen molar-refractivity contribution < 1.29 is 9.15 Å². The molecule has 1 aromatic heterocycles. The second-order valence-electron chi connectivity index (χ2n) is 6.29. The summed E-state index contributed by atoms with van der Waals surface area (Å²) < 4.78 is 11.2. The summed E-state index contributed by atoms with van der Waals surface area (Å²) in [5.41, 5.74) is 3.22. The predicted octanol–water partition coefficient (Wildman–Crippen LogP) is 6.11. The lowest BCUT2D eigenvalue weighted by Gasteiger charge is -2.14. The summed E-state index contributed by atoms with van der Waals surface area (Å²) in [5, 5.41) is 1.65. The minimum absolute atomic E-state index is 0.197. The third-order valence-corrected chi connectivity index (χ3v) is 4.94. The summed E-state index contributed by atoms with van der Waals surface area (Å²) in [5.74, 6) is 0.847. The number of benzene rings is 2. The Bertz CT molecular complexity index is 990. The molecule has 0 aliphatic rings. The number of aryl methyl sites for hydroxylation is 1. The molecule has 0 bridgehead atoms. The van der Waals surface area contributed by atoms with Gasteiger partial charge >= 0.3 is 5.63 Å². The minimum Gasteiger partial charge on any atom is -0.487 e. The van der Waals surface area contributed by atoms with E-state index in [2.05, 4.69) is 19.9 Å². The molecule has 0 saturated heterocycles. The molecule has 0 N–H and O–H groups in total. The average molecular weight is 377 g/mol. The van der Waals surface area contributed by atoms with E-state index in [1.54, 1.807) is 18.2 Å². The summed E-state index contributed by atoms with van der Waals surface area (Å²) in [4.78, 5) is 11.9. The molecule has 0 amide bonds. The topological polar surface area (TPSA) is 39.4 Å². The second-order valence-corrected chi connectivity index (χ2v) is 7.08. The van der Waals surface area contributed by atoms with Crippen LogP contribution in [0.5, 0.6) is 5.75 Å². The molecule has 0 atom stereocenters. The Morgan fingerprint density at radius 3 is 2.64 bits per heavy atom. The van der Waals surface area contributed by atoms with E-state index in [9.17, 15) is 4.79 Å². The van der Waals surface area contributed by atoms with Gasteiger partial charge in [-0.15, -0.1) is 0 Å². The first kappa shape index (κ1) is 17.8. The maximum atomic E-state index is 11.9. The van der Waals surface area contributed by atoms with E-state index in [1.165, 1.54) is 11.6 Å². The van der Waals surface area contributed by atoms with Crippen molar-refractivity contribution in [3.05, 3.63) is 73.6 Å². The highest BCUT2D eigenvalue weighted by Crippen LogP contribution is 2.33. The SMILES string of the molecule is Cc1cc2oc(=O)cc(COc3cccc(Cl)c3Cl)c2cc1C(C)C. The highest BCUT2D eigenvalue weighted by Gasteiger charge is 2.13. The van der Waals surface area contributed by atoms with Gasteiger partial charge in [-0.3, -0.25) is 0 Å². The van der Waals surface area contributed by atoms with Crippen LogP contribution in [0.4, 0.5) is 0 Å². The minimum atomic E-state index is -0.403. The molecular formula is C20H18Cl2O3. The van der Waals surface area contributed by atoms with Crippen molar-refractivity contribution in [2.75, 3.05) is 0 Å². The Kier molecular flexibility index (Phi) is 5.07. The van der Waals surface area contributed by atoms with Crippen LogP contribution in [0.15, 0.2) is 45.6 Å². The smallest absolute Gasteiger partial charge is 0.336 e. The van der Waals surface area contributed by atoms with E-state index in [-0.39, 0.29) is 6.61 Å². The quantitative estimate of drug-likeness (QED) is 0.515. The molecule has 130 valence electrons. The third kappa shape index (κ3) is 3.68. The first-order valence-corrected chi connectivity index (χ1v) is 8.76. The number of ether oxygens (including phenoxy) is 1. The summed E-state index contributed by atoms with van der Waals surface area (Å²) in [6, 6.07) is 10.6. The number of hydrogen-bond donors (Lipinski definition) is 0. The second kappa shape index (κ2) is 7.11. The van der Waals surface area contributed by atoms with E-state index in [0.717, 1.165) is 16.5 Å². The normalized spacial score (nSPS) is 11.3. The van der Waals surface area contributed by atoms with Crippen LogP contribution in [0.1, 0.15) is 36.5 Å². The van der Waals surface area contributed by atoms with Crippen LogP contribution >= 0.6 is 23.2 Å². The Hall–Kier alpha value is -1.97. The maximum absolute atomic E-state index is 11.9. The zero-order chi connectivity index (χ0) is 18.1. The van der Waals surface area contributed by atoms with Crippen LogP contribution < -0.4 is 10.4 Å². The van der Waals surface area contributed by atoms with Crippen molar-refractivity contribution in [2.24, 2.45) is 0 Å². The monoisotopic (exact) mass is 376 g/mol. The van der Waals surface area contributed by atoms with E-state index >= 15 is 0 Å². The van der Waals surface area contributed by atoms with E-state index in [1.807, 2.05) is 13.0 Å². The molecule has 0 spiro atoms. The van der Waals surface area contributed by atoms with Gasteiger partial charge in [0, 0.05) is 17.0 Å². The lowest BCUT2D eigenvalue weighted by molar-refractivity contribution is 0.307. The molecule has 3 nitrogen and oxygen atoms in total. The van der Waals surface area contributed by atoms with Gasteiger partial charge in [0.1, 0.15) is 23.0 Å². The molecular weight excluding hydrogens is 359 g/mol. The van der Waals surface area contributed by atoms with Crippen LogP contribution in [-0.2, 0) is 6.61 Å². The molecule has 0 fully saturated rings. The highest BCUT2D eigenvalue weighted by molar-refractivity contribution is 6.42. The Morgan fingerprint density at radius 1 is 1.16 bits per heavy atom. The molecule has 2 aromatic carbocycles. The van der Waals surface area contributed by atoms with Gasteiger partial charge < -0.3 is 9.15 Å². The summed E-state index contributed by atoms with van der Waals surface area (Å²) in [6.45, 7) is 6.48. The lowest BCUT2D eigenvalue weighted by atomic mass is 9.95. The molecule has 0 aliphatic carbocycles. The average Bonchev–Trinajstić information content (AvgIpc) is 2.54. The molecule has 0 radical (unpaired) electrons. The van der Waals surface area contributed by atoms with Gasteiger partial charge in [0.15, 0.2) is 0 Å². The summed E-state index contributed by atoms with van der Waals surface area (Å²) in [7, 11) is 0. The van der Waals surface area contributed by atoms with Crippen molar-refractivity contribution in [3.8, 4) is 5.75 Å². The zero-order valence-corrected chi connectivity index (χ0v) is 15.7. The largest absolute Gasteiger partial charge is 0.487 e. The molecule has 0 unspecified atom stereocenters. The number of fused-ring (bicyclic) bond motifs is 1. The van der Waals surface area contributed by atoms with Gasteiger partial charge in [-0.1, -0.05) is 43.1 Å². The van der Waals surface area contributed by atoms with E-state index in [4.69, 9.17) is 32.4 Å². The molecule has 1 heterocycles. The summed E-state index contributed by atoms with van der Waals surface area (Å²) >= 11 is 12.2. The van der Waals surface area contributed by atoms with Crippen molar-refractivity contribution in [1.29, 1.82) is 0 Å². The fraction of sp³-hybridized carbons (Fsp3) is 0.250. The first-order chi connectivity index (χ1) is 11.9. The predicted molar refractivity (Wildman–Crippen MR) is 102 cm³/mol. The van der Waals surface area contributed by atoms with Crippen molar-refractivity contribution in [2.45, 2.75) is 33.3 Å². The molecule has 0 aliphatic heterocycles. The number of hydrogen-bond acceptors (Lipinski definition) is 3. The van der Waals surface area contributed by atoms with Crippen LogP contribution in [0.2, 0.25) is 10.0 Å². The maximum Gasteiger partial charge on any atom is 0.336 e. The van der Waals surface area contributed by atoms with Crippen LogP contribution in [0, 0.1) is 6.92 Å². The lowest BCUT2D eigenvalue weighted by Crippen LogP contribution is -2.05. The Labute approximate surface area is 156 Å². The van der Waals surface area contributed by atoms with E-state index < -0.39 is 5.63 Å². The third-order valence-electron chi connectivity index (χ3n) is 4.14. The molecule has 25 heavy (non-hydrogen) atoms. The van der Waals surface area contributed by atoms with Crippen molar-refractivity contribution in [1.82, 2.24) is 0 Å². The molecule has 3 rings (SSSR count). The first-order valence-electron chi connectivity index (χ1n) is 8.01. The molecule has 0 saturated carbocycles. The number of halogens is 2. The van der Waals surface area contributed by atoms with Gasteiger partial charge in [-0.25, -0.2) is 4.79 Å². The molecule has 5 heteroatoms. The van der Waals surface area contributed by atoms with E-state index in [0.29, 0.717) is 27.3 Å². The fourth-order valence-corrected chi connectivity index (χ4v) is 3.23. The Morgan fingerprint density at radius 2 is 1.92 bits per heavy atom.